The van der Waals surface area contributed by atoms with Gasteiger partial charge in [0.1, 0.15) is 6.61 Å². The number of nitrogens with one attached hydrogen (secondary N) is 1. The van der Waals surface area contributed by atoms with Crippen molar-refractivity contribution in [3.63, 3.8) is 0 Å². The molecule has 4 aromatic carbocycles. The van der Waals surface area contributed by atoms with Crippen LogP contribution in [0.5, 0.6) is 11.5 Å². The summed E-state index contributed by atoms with van der Waals surface area (Å²) < 4.78 is 11.5. The molecule has 6 heteroatoms. The number of ether oxygens (including phenoxy) is 2. The van der Waals surface area contributed by atoms with Gasteiger partial charge in [0.05, 0.1) is 22.2 Å². The van der Waals surface area contributed by atoms with Crippen LogP contribution in [0.4, 0.5) is 5.69 Å². The molecule has 0 saturated heterocycles. The number of hydrogen-bond acceptors (Lipinski definition) is 3. The van der Waals surface area contributed by atoms with E-state index >= 15 is 0 Å². The second kappa shape index (κ2) is 9.69. The van der Waals surface area contributed by atoms with Gasteiger partial charge in [-0.15, -0.1) is 0 Å². The Balaban J connectivity index is 1.51. The minimum absolute atomic E-state index is 0.292. The van der Waals surface area contributed by atoms with Crippen molar-refractivity contribution in [2.45, 2.75) is 13.2 Å². The zero-order valence-corrected chi connectivity index (χ0v) is 19.1. The maximum absolute atomic E-state index is 6.53. The van der Waals surface area contributed by atoms with Gasteiger partial charge in [0.15, 0.2) is 11.5 Å². The van der Waals surface area contributed by atoms with E-state index in [0.29, 0.717) is 39.7 Å². The highest BCUT2D eigenvalue weighted by atomic mass is 35.5. The number of anilines is 1. The average Bonchev–Trinajstić information content (AvgIpc) is 2.78. The Morgan fingerprint density at radius 3 is 2.35 bits per heavy atom. The molecule has 0 atom stereocenters. The molecular formula is C25H20Cl3NO2. The van der Waals surface area contributed by atoms with Crippen molar-refractivity contribution in [3.05, 3.63) is 99.0 Å². The van der Waals surface area contributed by atoms with E-state index in [1.54, 1.807) is 19.2 Å². The van der Waals surface area contributed by atoms with Crippen molar-refractivity contribution in [1.82, 2.24) is 0 Å². The van der Waals surface area contributed by atoms with E-state index in [1.807, 2.05) is 36.4 Å². The summed E-state index contributed by atoms with van der Waals surface area (Å²) in [6, 6.07) is 23.6. The lowest BCUT2D eigenvalue weighted by atomic mass is 10.1. The standard InChI is InChI=1S/C25H20Cl3NO2/c1-30-24-13-17(14-29-23-8-4-6-18-5-2-3-7-19(18)23)12-22(28)25(24)31-15-16-9-10-20(26)21(27)11-16/h2-13,29H,14-15H2,1H3. The Bertz CT molecular complexity index is 1220. The molecule has 4 rings (SSSR count). The zero-order chi connectivity index (χ0) is 21.8. The van der Waals surface area contributed by atoms with E-state index in [0.717, 1.165) is 16.8 Å². The van der Waals surface area contributed by atoms with Crippen molar-refractivity contribution in [3.8, 4) is 11.5 Å². The number of halogens is 3. The summed E-state index contributed by atoms with van der Waals surface area (Å²) in [6.07, 6.45) is 0. The van der Waals surface area contributed by atoms with Gasteiger partial charge in [0.25, 0.3) is 0 Å². The first-order valence-electron chi connectivity index (χ1n) is 9.70. The van der Waals surface area contributed by atoms with Crippen molar-refractivity contribution < 1.29 is 9.47 Å². The summed E-state index contributed by atoms with van der Waals surface area (Å²) in [5.74, 6) is 1.06. The molecular weight excluding hydrogens is 453 g/mol. The highest BCUT2D eigenvalue weighted by molar-refractivity contribution is 6.42. The van der Waals surface area contributed by atoms with Crippen LogP contribution in [0, 0.1) is 0 Å². The predicted molar refractivity (Wildman–Crippen MR) is 130 cm³/mol. The second-order valence-electron chi connectivity index (χ2n) is 7.03. The van der Waals surface area contributed by atoms with Gasteiger partial charge in [-0.2, -0.15) is 0 Å². The second-order valence-corrected chi connectivity index (χ2v) is 8.25. The summed E-state index contributed by atoms with van der Waals surface area (Å²) in [5, 5.41) is 7.32. The Morgan fingerprint density at radius 2 is 1.55 bits per heavy atom. The van der Waals surface area contributed by atoms with E-state index in [2.05, 4.69) is 29.6 Å². The maximum atomic E-state index is 6.53. The normalized spacial score (nSPS) is 10.8. The van der Waals surface area contributed by atoms with Gasteiger partial charge in [-0.3, -0.25) is 0 Å². The molecule has 0 aromatic heterocycles. The van der Waals surface area contributed by atoms with Crippen molar-refractivity contribution in [2.24, 2.45) is 0 Å². The van der Waals surface area contributed by atoms with Gasteiger partial charge in [-0.05, 0) is 46.8 Å². The van der Waals surface area contributed by atoms with Crippen LogP contribution >= 0.6 is 34.8 Å². The van der Waals surface area contributed by atoms with Gasteiger partial charge < -0.3 is 14.8 Å². The summed E-state index contributed by atoms with van der Waals surface area (Å²) >= 11 is 18.6. The first-order chi connectivity index (χ1) is 15.0. The Kier molecular flexibility index (Phi) is 6.77. The van der Waals surface area contributed by atoms with Crippen LogP contribution in [0.2, 0.25) is 15.1 Å². The molecule has 0 spiro atoms. The Hall–Kier alpha value is -2.59. The van der Waals surface area contributed by atoms with E-state index in [1.165, 1.54) is 10.8 Å². The minimum atomic E-state index is 0.292. The zero-order valence-electron chi connectivity index (χ0n) is 16.8. The first-order valence-corrected chi connectivity index (χ1v) is 10.8. The van der Waals surface area contributed by atoms with Crippen molar-refractivity contribution in [1.29, 1.82) is 0 Å². The quantitative estimate of drug-likeness (QED) is 0.295. The molecule has 0 heterocycles. The fourth-order valence-electron chi connectivity index (χ4n) is 3.38. The maximum Gasteiger partial charge on any atom is 0.180 e. The summed E-state index contributed by atoms with van der Waals surface area (Å²) in [7, 11) is 1.60. The third kappa shape index (κ3) is 5.01. The minimum Gasteiger partial charge on any atom is -0.493 e. The first kappa shape index (κ1) is 21.6. The molecule has 0 aliphatic heterocycles. The van der Waals surface area contributed by atoms with Gasteiger partial charge in [0, 0.05) is 17.6 Å². The highest BCUT2D eigenvalue weighted by Gasteiger charge is 2.13. The monoisotopic (exact) mass is 471 g/mol. The lowest BCUT2D eigenvalue weighted by molar-refractivity contribution is 0.284. The van der Waals surface area contributed by atoms with E-state index < -0.39 is 0 Å². The van der Waals surface area contributed by atoms with E-state index in [9.17, 15) is 0 Å². The Labute approximate surface area is 196 Å². The SMILES string of the molecule is COc1cc(CNc2cccc3ccccc23)cc(Cl)c1OCc1ccc(Cl)c(Cl)c1. The molecule has 0 radical (unpaired) electrons. The molecule has 4 aromatic rings. The largest absolute Gasteiger partial charge is 0.493 e. The molecule has 31 heavy (non-hydrogen) atoms. The number of benzene rings is 4. The van der Waals surface area contributed by atoms with Crippen LogP contribution in [0.15, 0.2) is 72.8 Å². The number of methoxy groups -OCH3 is 1. The highest BCUT2D eigenvalue weighted by Crippen LogP contribution is 2.37. The molecule has 0 saturated carbocycles. The fourth-order valence-corrected chi connectivity index (χ4v) is 3.99. The lowest BCUT2D eigenvalue weighted by Crippen LogP contribution is -2.03. The Morgan fingerprint density at radius 1 is 0.774 bits per heavy atom. The van der Waals surface area contributed by atoms with Crippen LogP contribution in [0.3, 0.4) is 0 Å². The third-order valence-corrected chi connectivity index (χ3v) is 5.95. The van der Waals surface area contributed by atoms with Crippen LogP contribution in [-0.2, 0) is 13.2 Å². The molecule has 1 N–H and O–H groups in total. The van der Waals surface area contributed by atoms with Gasteiger partial charge in [0.2, 0.25) is 0 Å². The van der Waals surface area contributed by atoms with E-state index in [4.69, 9.17) is 44.3 Å². The molecule has 0 amide bonds. The fraction of sp³-hybridized carbons (Fsp3) is 0.120. The topological polar surface area (TPSA) is 30.5 Å². The van der Waals surface area contributed by atoms with Crippen molar-refractivity contribution >= 4 is 51.3 Å². The van der Waals surface area contributed by atoms with Gasteiger partial charge >= 0.3 is 0 Å². The predicted octanol–water partition coefficient (Wildman–Crippen LogP) is 8.00. The molecule has 0 unspecified atom stereocenters. The average molecular weight is 473 g/mol. The van der Waals surface area contributed by atoms with E-state index in [-0.39, 0.29) is 0 Å². The molecule has 158 valence electrons. The summed E-state index contributed by atoms with van der Waals surface area (Å²) in [4.78, 5) is 0. The van der Waals surface area contributed by atoms with Crippen molar-refractivity contribution in [2.75, 3.05) is 12.4 Å². The smallest absolute Gasteiger partial charge is 0.180 e. The van der Waals surface area contributed by atoms with Crippen LogP contribution in [0.1, 0.15) is 11.1 Å². The summed E-state index contributed by atoms with van der Waals surface area (Å²) in [6.45, 7) is 0.887. The number of rotatable bonds is 7. The molecule has 3 nitrogen and oxygen atoms in total. The molecule has 0 aliphatic carbocycles. The third-order valence-electron chi connectivity index (χ3n) is 4.93. The van der Waals surface area contributed by atoms with Gasteiger partial charge in [-0.25, -0.2) is 0 Å². The van der Waals surface area contributed by atoms with Crippen LogP contribution in [-0.4, -0.2) is 7.11 Å². The molecule has 0 bridgehead atoms. The lowest BCUT2D eigenvalue weighted by Gasteiger charge is -2.16. The molecule has 0 fully saturated rings. The van der Waals surface area contributed by atoms with Gasteiger partial charge in [-0.1, -0.05) is 77.3 Å². The number of fused-ring (bicyclic) bond motifs is 1. The van der Waals surface area contributed by atoms with Crippen LogP contribution in [0.25, 0.3) is 10.8 Å². The molecule has 0 aliphatic rings. The van der Waals surface area contributed by atoms with Crippen LogP contribution < -0.4 is 14.8 Å². The number of hydrogen-bond donors (Lipinski definition) is 1. The summed E-state index contributed by atoms with van der Waals surface area (Å²) in [5.41, 5.74) is 2.93.